The van der Waals surface area contributed by atoms with Gasteiger partial charge in [0, 0.05) is 11.6 Å². The van der Waals surface area contributed by atoms with Crippen LogP contribution in [-0.4, -0.2) is 17.1 Å². The van der Waals surface area contributed by atoms with E-state index >= 15 is 0 Å². The van der Waals surface area contributed by atoms with Gasteiger partial charge in [-0.15, -0.1) is 0 Å². The molecule has 0 bridgehead atoms. The quantitative estimate of drug-likeness (QED) is 0.665. The maximum absolute atomic E-state index is 11.0. The van der Waals surface area contributed by atoms with Gasteiger partial charge in [-0.25, -0.2) is 0 Å². The lowest BCUT2D eigenvalue weighted by Crippen LogP contribution is -2.37. The Morgan fingerprint density at radius 3 is 2.73 bits per heavy atom. The van der Waals surface area contributed by atoms with E-state index in [0.29, 0.717) is 0 Å². The number of phenols is 1. The normalized spacial score (nSPS) is 25.3. The largest absolute Gasteiger partial charge is 0.508 e. The lowest BCUT2D eigenvalue weighted by molar-refractivity contribution is -0.119. The molecule has 1 aromatic rings. The SMILES string of the molecule is NC(=O)C1CCC(c2ccccc2O)N1. The van der Waals surface area contributed by atoms with Crippen molar-refractivity contribution in [3.8, 4) is 5.75 Å². The average molecular weight is 206 g/mol. The van der Waals surface area contributed by atoms with Crippen molar-refractivity contribution < 1.29 is 9.90 Å². The van der Waals surface area contributed by atoms with E-state index < -0.39 is 0 Å². The number of aromatic hydroxyl groups is 1. The van der Waals surface area contributed by atoms with Gasteiger partial charge in [-0.05, 0) is 18.9 Å². The molecule has 15 heavy (non-hydrogen) atoms. The minimum Gasteiger partial charge on any atom is -0.508 e. The highest BCUT2D eigenvalue weighted by Crippen LogP contribution is 2.31. The highest BCUT2D eigenvalue weighted by atomic mass is 16.3. The predicted molar refractivity (Wildman–Crippen MR) is 56.2 cm³/mol. The number of para-hydroxylation sites is 1. The van der Waals surface area contributed by atoms with E-state index in [-0.39, 0.29) is 23.7 Å². The first-order valence-corrected chi connectivity index (χ1v) is 5.01. The Bertz CT molecular complexity index is 379. The first-order chi connectivity index (χ1) is 7.18. The van der Waals surface area contributed by atoms with E-state index in [1.165, 1.54) is 0 Å². The van der Waals surface area contributed by atoms with Crippen LogP contribution in [0.5, 0.6) is 5.75 Å². The van der Waals surface area contributed by atoms with Crippen LogP contribution >= 0.6 is 0 Å². The maximum atomic E-state index is 11.0. The van der Waals surface area contributed by atoms with Crippen LogP contribution in [0, 0.1) is 0 Å². The monoisotopic (exact) mass is 206 g/mol. The van der Waals surface area contributed by atoms with Crippen molar-refractivity contribution in [2.45, 2.75) is 24.9 Å². The van der Waals surface area contributed by atoms with E-state index in [4.69, 9.17) is 5.73 Å². The maximum Gasteiger partial charge on any atom is 0.234 e. The van der Waals surface area contributed by atoms with Gasteiger partial charge in [-0.3, -0.25) is 10.1 Å². The Kier molecular flexibility index (Phi) is 2.60. The Balaban J connectivity index is 2.14. The first kappa shape index (κ1) is 9.98. The van der Waals surface area contributed by atoms with E-state index in [1.807, 2.05) is 12.1 Å². The molecule has 1 aromatic carbocycles. The minimum atomic E-state index is -0.326. The third-order valence-electron chi connectivity index (χ3n) is 2.80. The number of phenolic OH excluding ortho intramolecular Hbond substituents is 1. The Morgan fingerprint density at radius 1 is 1.40 bits per heavy atom. The summed E-state index contributed by atoms with van der Waals surface area (Å²) in [5, 5.41) is 12.8. The topological polar surface area (TPSA) is 75.4 Å². The zero-order valence-corrected chi connectivity index (χ0v) is 8.31. The molecule has 80 valence electrons. The number of amides is 1. The van der Waals surface area contributed by atoms with Gasteiger partial charge >= 0.3 is 0 Å². The molecule has 2 unspecified atom stereocenters. The van der Waals surface area contributed by atoms with Gasteiger partial charge < -0.3 is 10.8 Å². The van der Waals surface area contributed by atoms with Crippen molar-refractivity contribution in [3.63, 3.8) is 0 Å². The van der Waals surface area contributed by atoms with Crippen LogP contribution in [0.4, 0.5) is 0 Å². The van der Waals surface area contributed by atoms with E-state index in [1.54, 1.807) is 12.1 Å². The van der Waals surface area contributed by atoms with Crippen LogP contribution in [0.3, 0.4) is 0 Å². The molecule has 4 N–H and O–H groups in total. The average Bonchev–Trinajstić information content (AvgIpc) is 2.67. The molecule has 2 atom stereocenters. The summed E-state index contributed by atoms with van der Waals surface area (Å²) in [5.74, 6) is -0.0620. The molecule has 4 heteroatoms. The van der Waals surface area contributed by atoms with Crippen molar-refractivity contribution in [1.29, 1.82) is 0 Å². The van der Waals surface area contributed by atoms with Gasteiger partial charge in [0.2, 0.25) is 5.91 Å². The molecule has 1 fully saturated rings. The molecule has 0 aromatic heterocycles. The predicted octanol–water partition coefficient (Wildman–Crippen LogP) is 0.671. The summed E-state index contributed by atoms with van der Waals surface area (Å²) in [7, 11) is 0. The summed E-state index contributed by atoms with van der Waals surface area (Å²) in [4.78, 5) is 11.0. The van der Waals surface area contributed by atoms with Gasteiger partial charge in [0.15, 0.2) is 0 Å². The second-order valence-corrected chi connectivity index (χ2v) is 3.81. The fourth-order valence-corrected chi connectivity index (χ4v) is 1.99. The number of hydrogen-bond donors (Lipinski definition) is 3. The molecular weight excluding hydrogens is 192 g/mol. The van der Waals surface area contributed by atoms with Crippen molar-refractivity contribution in [2.75, 3.05) is 0 Å². The fraction of sp³-hybridized carbons (Fsp3) is 0.364. The fourth-order valence-electron chi connectivity index (χ4n) is 1.99. The van der Waals surface area contributed by atoms with Crippen LogP contribution in [0.2, 0.25) is 0 Å². The van der Waals surface area contributed by atoms with Crippen molar-refractivity contribution >= 4 is 5.91 Å². The molecule has 1 heterocycles. The third kappa shape index (κ3) is 1.94. The number of primary amides is 1. The van der Waals surface area contributed by atoms with E-state index in [9.17, 15) is 9.90 Å². The highest BCUT2D eigenvalue weighted by Gasteiger charge is 2.29. The van der Waals surface area contributed by atoms with Crippen LogP contribution in [0.25, 0.3) is 0 Å². The second-order valence-electron chi connectivity index (χ2n) is 3.81. The molecule has 1 aliphatic heterocycles. The second kappa shape index (κ2) is 3.90. The van der Waals surface area contributed by atoms with E-state index in [2.05, 4.69) is 5.32 Å². The van der Waals surface area contributed by atoms with Gasteiger partial charge in [0.25, 0.3) is 0 Å². The summed E-state index contributed by atoms with van der Waals surface area (Å²) >= 11 is 0. The molecular formula is C11H14N2O2. The summed E-state index contributed by atoms with van der Waals surface area (Å²) in [6.45, 7) is 0. The molecule has 0 saturated carbocycles. The van der Waals surface area contributed by atoms with Gasteiger partial charge in [0.1, 0.15) is 5.75 Å². The Hall–Kier alpha value is -1.55. The number of nitrogens with two attached hydrogens (primary N) is 1. The molecule has 0 radical (unpaired) electrons. The van der Waals surface area contributed by atoms with Crippen LogP contribution in [-0.2, 0) is 4.79 Å². The molecule has 0 spiro atoms. The number of carbonyl (C=O) groups is 1. The van der Waals surface area contributed by atoms with Crippen molar-refractivity contribution in [1.82, 2.24) is 5.32 Å². The number of carbonyl (C=O) groups excluding carboxylic acids is 1. The van der Waals surface area contributed by atoms with Crippen molar-refractivity contribution in [2.24, 2.45) is 5.73 Å². The molecule has 1 saturated heterocycles. The van der Waals surface area contributed by atoms with Crippen LogP contribution < -0.4 is 11.1 Å². The minimum absolute atomic E-state index is 0.0312. The first-order valence-electron chi connectivity index (χ1n) is 5.01. The summed E-state index contributed by atoms with van der Waals surface area (Å²) in [6.07, 6.45) is 1.56. The number of benzene rings is 1. The summed E-state index contributed by atoms with van der Waals surface area (Å²) < 4.78 is 0. The van der Waals surface area contributed by atoms with Gasteiger partial charge in [-0.2, -0.15) is 0 Å². The Morgan fingerprint density at radius 2 is 2.13 bits per heavy atom. The van der Waals surface area contributed by atoms with Crippen molar-refractivity contribution in [3.05, 3.63) is 29.8 Å². The van der Waals surface area contributed by atoms with E-state index in [0.717, 1.165) is 18.4 Å². The smallest absolute Gasteiger partial charge is 0.234 e. The van der Waals surface area contributed by atoms with Gasteiger partial charge in [-0.1, -0.05) is 18.2 Å². The van der Waals surface area contributed by atoms with Crippen LogP contribution in [0.15, 0.2) is 24.3 Å². The Labute approximate surface area is 88.1 Å². The number of rotatable bonds is 2. The van der Waals surface area contributed by atoms with Crippen LogP contribution in [0.1, 0.15) is 24.4 Å². The lowest BCUT2D eigenvalue weighted by Gasteiger charge is -2.13. The highest BCUT2D eigenvalue weighted by molar-refractivity contribution is 5.80. The van der Waals surface area contributed by atoms with Gasteiger partial charge in [0.05, 0.1) is 6.04 Å². The lowest BCUT2D eigenvalue weighted by atomic mass is 10.0. The zero-order valence-electron chi connectivity index (χ0n) is 8.31. The molecule has 0 aliphatic carbocycles. The molecule has 4 nitrogen and oxygen atoms in total. The summed E-state index contributed by atoms with van der Waals surface area (Å²) in [6, 6.07) is 6.91. The third-order valence-corrected chi connectivity index (χ3v) is 2.80. The number of nitrogens with one attached hydrogen (secondary N) is 1. The zero-order chi connectivity index (χ0) is 10.8. The number of hydrogen-bond acceptors (Lipinski definition) is 3. The summed E-state index contributed by atoms with van der Waals surface area (Å²) in [5.41, 5.74) is 6.05. The molecule has 2 rings (SSSR count). The molecule has 1 aliphatic rings. The standard InChI is InChI=1S/C11H14N2O2/c12-11(15)9-6-5-8(13-9)7-3-1-2-4-10(7)14/h1-4,8-9,13-14H,5-6H2,(H2,12,15). The molecule has 1 amide bonds.